The third-order valence-electron chi connectivity index (χ3n) is 7.23. The number of piperidine rings is 2. The summed E-state index contributed by atoms with van der Waals surface area (Å²) in [4.78, 5) is 5.05. The third kappa shape index (κ3) is 4.79. The number of hydrogen-bond donors (Lipinski definition) is 0. The second-order valence-electron chi connectivity index (χ2n) is 9.34. The lowest BCUT2D eigenvalue weighted by atomic mass is 9.99. The van der Waals surface area contributed by atoms with E-state index in [2.05, 4.69) is 6.07 Å². The minimum atomic E-state index is -3.69. The average Bonchev–Trinajstić information content (AvgIpc) is 3.33. The van der Waals surface area contributed by atoms with E-state index in [1.54, 1.807) is 15.6 Å². The molecule has 0 saturated carbocycles. The van der Waals surface area contributed by atoms with Gasteiger partial charge in [0.15, 0.2) is 0 Å². The van der Waals surface area contributed by atoms with Crippen LogP contribution in [0.3, 0.4) is 0 Å². The van der Waals surface area contributed by atoms with Crippen LogP contribution in [0.15, 0.2) is 58.3 Å². The number of aromatic nitrogens is 1. The van der Waals surface area contributed by atoms with E-state index in [4.69, 9.17) is 4.98 Å². The maximum absolute atomic E-state index is 13.3. The molecule has 2 fully saturated rings. The number of para-hydroxylation sites is 1. The average molecular weight is 534 g/mol. The molecule has 0 amide bonds. The number of thiazole rings is 1. The highest BCUT2D eigenvalue weighted by Crippen LogP contribution is 2.35. The zero-order valence-corrected chi connectivity index (χ0v) is 22.3. The molecule has 188 valence electrons. The Balaban J connectivity index is 1.28. The van der Waals surface area contributed by atoms with Crippen molar-refractivity contribution in [2.45, 2.75) is 67.2 Å². The van der Waals surface area contributed by atoms with Gasteiger partial charge >= 0.3 is 0 Å². The first-order valence-corrected chi connectivity index (χ1v) is 16.0. The molecule has 7 nitrogen and oxygen atoms in total. The first kappa shape index (κ1) is 24.8. The van der Waals surface area contributed by atoms with Crippen LogP contribution in [-0.2, 0) is 20.0 Å². The van der Waals surface area contributed by atoms with Crippen molar-refractivity contribution < 1.29 is 16.8 Å². The van der Waals surface area contributed by atoms with Gasteiger partial charge in [0, 0.05) is 31.6 Å². The zero-order valence-electron chi connectivity index (χ0n) is 19.8. The second-order valence-corrected chi connectivity index (χ2v) is 14.2. The lowest BCUT2D eigenvalue weighted by Gasteiger charge is -2.34. The minimum Gasteiger partial charge on any atom is -0.241 e. The van der Waals surface area contributed by atoms with E-state index in [0.717, 1.165) is 53.7 Å². The molecule has 0 bridgehead atoms. The smallest absolute Gasteiger partial charge is 0.241 e. The molecule has 3 aromatic rings. The summed E-state index contributed by atoms with van der Waals surface area (Å²) in [6.07, 6.45) is 4.98. The Hall–Kier alpha value is -1.85. The van der Waals surface area contributed by atoms with E-state index in [9.17, 15) is 16.8 Å². The molecule has 0 spiro atoms. The van der Waals surface area contributed by atoms with E-state index in [1.165, 1.54) is 28.6 Å². The Morgan fingerprint density at radius 2 is 1.51 bits per heavy atom. The summed E-state index contributed by atoms with van der Waals surface area (Å²) in [6, 6.07) is 13.8. The van der Waals surface area contributed by atoms with E-state index in [0.29, 0.717) is 19.6 Å². The van der Waals surface area contributed by atoms with E-state index >= 15 is 0 Å². The van der Waals surface area contributed by atoms with Crippen LogP contribution in [0, 0.1) is 0 Å². The highest BCUT2D eigenvalue weighted by molar-refractivity contribution is 7.89. The fraction of sp³-hybridized carbons (Fsp3) is 0.480. The molecular weight excluding hydrogens is 502 g/mol. The van der Waals surface area contributed by atoms with Gasteiger partial charge in [0.05, 0.1) is 25.0 Å². The first-order chi connectivity index (χ1) is 16.8. The van der Waals surface area contributed by atoms with Gasteiger partial charge in [0.25, 0.3) is 0 Å². The molecule has 2 saturated heterocycles. The van der Waals surface area contributed by atoms with E-state index in [1.807, 2.05) is 25.1 Å². The Morgan fingerprint density at radius 3 is 2.17 bits per heavy atom. The Morgan fingerprint density at radius 1 is 0.857 bits per heavy atom. The zero-order chi connectivity index (χ0) is 24.6. The van der Waals surface area contributed by atoms with Crippen molar-refractivity contribution in [3.63, 3.8) is 0 Å². The van der Waals surface area contributed by atoms with Gasteiger partial charge < -0.3 is 0 Å². The summed E-state index contributed by atoms with van der Waals surface area (Å²) in [6.45, 7) is 3.38. The Labute approximate surface area is 211 Å². The summed E-state index contributed by atoms with van der Waals surface area (Å²) >= 11 is 1.69. The van der Waals surface area contributed by atoms with Crippen molar-refractivity contribution in [3.05, 3.63) is 53.5 Å². The molecule has 1 aromatic heterocycles. The second kappa shape index (κ2) is 9.89. The molecule has 5 rings (SSSR count). The van der Waals surface area contributed by atoms with Gasteiger partial charge in [-0.15, -0.1) is 11.3 Å². The van der Waals surface area contributed by atoms with Crippen LogP contribution >= 0.6 is 11.3 Å². The topological polar surface area (TPSA) is 87.7 Å². The molecule has 3 heterocycles. The van der Waals surface area contributed by atoms with Crippen molar-refractivity contribution in [1.29, 1.82) is 0 Å². The Bertz CT molecular complexity index is 1360. The van der Waals surface area contributed by atoms with Gasteiger partial charge in [0.2, 0.25) is 20.0 Å². The summed E-state index contributed by atoms with van der Waals surface area (Å²) in [5.74, 6) is 0.252. The fourth-order valence-corrected chi connectivity index (χ4v) is 9.55. The van der Waals surface area contributed by atoms with Crippen LogP contribution in [0.1, 0.15) is 56.4 Å². The monoisotopic (exact) mass is 533 g/mol. The molecule has 2 aliphatic heterocycles. The summed E-state index contributed by atoms with van der Waals surface area (Å²) in [5, 5.41) is 1.07. The standard InChI is InChI=1S/C25H31N3O4S3/c1-2-20-7-5-6-16-28(20)35(31,32)22-12-10-21(11-13-22)34(29,30)27-17-14-19(15-18-27)25-26-23-8-3-4-9-24(23)33-25/h3-4,8-13,19-20H,2,5-7,14-18H2,1H3/t20-/m0/s1. The van der Waals surface area contributed by atoms with Gasteiger partial charge in [-0.1, -0.05) is 25.5 Å². The van der Waals surface area contributed by atoms with Crippen molar-refractivity contribution in [2.24, 2.45) is 0 Å². The molecule has 0 aliphatic carbocycles. The first-order valence-electron chi connectivity index (χ1n) is 12.3. The van der Waals surface area contributed by atoms with Gasteiger partial charge in [-0.25, -0.2) is 21.8 Å². The molecule has 35 heavy (non-hydrogen) atoms. The molecule has 10 heteroatoms. The molecule has 0 radical (unpaired) electrons. The van der Waals surface area contributed by atoms with Crippen LogP contribution < -0.4 is 0 Å². The highest BCUT2D eigenvalue weighted by Gasteiger charge is 2.34. The van der Waals surface area contributed by atoms with E-state index < -0.39 is 20.0 Å². The molecule has 2 aromatic carbocycles. The predicted molar refractivity (Wildman–Crippen MR) is 139 cm³/mol. The lowest BCUT2D eigenvalue weighted by molar-refractivity contribution is 0.246. The number of sulfonamides is 2. The minimum absolute atomic E-state index is 0.00822. The van der Waals surface area contributed by atoms with Gasteiger partial charge in [-0.3, -0.25) is 0 Å². The van der Waals surface area contributed by atoms with Crippen molar-refractivity contribution >= 4 is 41.6 Å². The SMILES string of the molecule is CC[C@H]1CCCCN1S(=O)(=O)c1ccc(S(=O)(=O)N2CCC(c3nc4ccccc4s3)CC2)cc1. The lowest BCUT2D eigenvalue weighted by Crippen LogP contribution is -2.43. The fourth-order valence-electron chi connectivity index (χ4n) is 5.17. The molecule has 1 atom stereocenters. The maximum Gasteiger partial charge on any atom is 0.243 e. The van der Waals surface area contributed by atoms with Crippen LogP contribution in [0.2, 0.25) is 0 Å². The summed E-state index contributed by atoms with van der Waals surface area (Å²) in [5.41, 5.74) is 0.993. The number of rotatable bonds is 6. The van der Waals surface area contributed by atoms with Gasteiger partial charge in [-0.05, 0) is 68.5 Å². The molecule has 0 unspecified atom stereocenters. The third-order valence-corrected chi connectivity index (χ3v) is 12.3. The van der Waals surface area contributed by atoms with Crippen LogP contribution in [-0.4, -0.2) is 56.1 Å². The molecule has 2 aliphatic rings. The highest BCUT2D eigenvalue weighted by atomic mass is 32.2. The Kier molecular flexibility index (Phi) is 7.02. The number of nitrogens with zero attached hydrogens (tertiary/aromatic N) is 3. The number of hydrogen-bond acceptors (Lipinski definition) is 6. The summed E-state index contributed by atoms with van der Waals surface area (Å²) < 4.78 is 57.3. The van der Waals surface area contributed by atoms with E-state index in [-0.39, 0.29) is 21.8 Å². The summed E-state index contributed by atoms with van der Waals surface area (Å²) in [7, 11) is -7.33. The van der Waals surface area contributed by atoms with Crippen LogP contribution in [0.4, 0.5) is 0 Å². The number of benzene rings is 2. The molecule has 0 N–H and O–H groups in total. The van der Waals surface area contributed by atoms with Crippen molar-refractivity contribution in [2.75, 3.05) is 19.6 Å². The van der Waals surface area contributed by atoms with Crippen molar-refractivity contribution in [1.82, 2.24) is 13.6 Å². The van der Waals surface area contributed by atoms with Gasteiger partial charge in [0.1, 0.15) is 0 Å². The van der Waals surface area contributed by atoms with Crippen LogP contribution in [0.5, 0.6) is 0 Å². The maximum atomic E-state index is 13.3. The van der Waals surface area contributed by atoms with Gasteiger partial charge in [-0.2, -0.15) is 8.61 Å². The normalized spacial score (nSPS) is 21.5. The molecular formula is C25H31N3O4S3. The largest absolute Gasteiger partial charge is 0.243 e. The predicted octanol–water partition coefficient (Wildman–Crippen LogP) is 4.82. The quantitative estimate of drug-likeness (QED) is 0.453. The van der Waals surface area contributed by atoms with Crippen LogP contribution in [0.25, 0.3) is 10.2 Å². The number of fused-ring (bicyclic) bond motifs is 1. The van der Waals surface area contributed by atoms with Crippen molar-refractivity contribution in [3.8, 4) is 0 Å².